The Morgan fingerprint density at radius 3 is 2.64 bits per heavy atom. The molecule has 22 heavy (non-hydrogen) atoms. The van der Waals surface area contributed by atoms with Crippen molar-refractivity contribution in [3.63, 3.8) is 0 Å². The Kier molecular flexibility index (Phi) is 4.04. The maximum atomic E-state index is 11.8. The lowest BCUT2D eigenvalue weighted by molar-refractivity contribution is -0.118. The van der Waals surface area contributed by atoms with E-state index in [1.807, 2.05) is 6.07 Å². The second-order valence-corrected chi connectivity index (χ2v) is 4.96. The number of pyridine rings is 1. The molecule has 0 unspecified atom stereocenters. The quantitative estimate of drug-likeness (QED) is 0.859. The standard InChI is InChI=1S/C15H16N4O3/c20-11-18-5-7-19(8-6-18)12-3-4-14(16-10-12)17-15(21)13-2-1-9-22-13/h1-4,9-11H,5-8H2,(H,16,17,21). The highest BCUT2D eigenvalue weighted by Gasteiger charge is 2.16. The number of piperazine rings is 1. The first-order chi connectivity index (χ1) is 10.8. The van der Waals surface area contributed by atoms with Crippen LogP contribution in [-0.2, 0) is 4.79 Å². The maximum absolute atomic E-state index is 11.8. The molecule has 0 spiro atoms. The minimum Gasteiger partial charge on any atom is -0.459 e. The van der Waals surface area contributed by atoms with Crippen molar-refractivity contribution in [2.24, 2.45) is 0 Å². The molecule has 2 aromatic heterocycles. The number of amides is 2. The molecule has 1 fully saturated rings. The third kappa shape index (κ3) is 3.08. The largest absolute Gasteiger partial charge is 0.459 e. The third-order valence-electron chi connectivity index (χ3n) is 3.56. The lowest BCUT2D eigenvalue weighted by Gasteiger charge is -2.33. The molecule has 1 saturated heterocycles. The molecule has 1 N–H and O–H groups in total. The van der Waals surface area contributed by atoms with E-state index in [0.717, 1.165) is 25.2 Å². The van der Waals surface area contributed by atoms with Crippen LogP contribution in [0.25, 0.3) is 0 Å². The second kappa shape index (κ2) is 6.30. The first-order valence-electron chi connectivity index (χ1n) is 7.01. The van der Waals surface area contributed by atoms with Gasteiger partial charge in [-0.15, -0.1) is 0 Å². The number of furan rings is 1. The molecule has 1 aliphatic rings. The smallest absolute Gasteiger partial charge is 0.292 e. The highest BCUT2D eigenvalue weighted by molar-refractivity contribution is 6.01. The Balaban J connectivity index is 1.61. The molecule has 7 heteroatoms. The molecular formula is C15H16N4O3. The molecule has 7 nitrogen and oxygen atoms in total. The zero-order chi connectivity index (χ0) is 15.4. The fraction of sp³-hybridized carbons (Fsp3) is 0.267. The van der Waals surface area contributed by atoms with Crippen molar-refractivity contribution >= 4 is 23.8 Å². The van der Waals surface area contributed by atoms with Gasteiger partial charge in [0, 0.05) is 26.2 Å². The third-order valence-corrected chi connectivity index (χ3v) is 3.56. The minimum atomic E-state index is -0.329. The van der Waals surface area contributed by atoms with Crippen LogP contribution in [0.3, 0.4) is 0 Å². The SMILES string of the molecule is O=CN1CCN(c2ccc(NC(=O)c3ccco3)nc2)CC1. The normalized spacial score (nSPS) is 14.7. The molecule has 3 heterocycles. The van der Waals surface area contributed by atoms with Gasteiger partial charge >= 0.3 is 0 Å². The molecule has 1 aliphatic heterocycles. The summed E-state index contributed by atoms with van der Waals surface area (Å²) < 4.78 is 5.03. The molecule has 3 rings (SSSR count). The van der Waals surface area contributed by atoms with E-state index < -0.39 is 0 Å². The molecule has 0 aliphatic carbocycles. The number of nitrogens with zero attached hydrogens (tertiary/aromatic N) is 3. The van der Waals surface area contributed by atoms with Crippen LogP contribution in [0.1, 0.15) is 10.6 Å². The molecular weight excluding hydrogens is 284 g/mol. The first kappa shape index (κ1) is 14.1. The number of anilines is 2. The Hall–Kier alpha value is -2.83. The molecule has 114 valence electrons. The van der Waals surface area contributed by atoms with Crippen LogP contribution in [0.2, 0.25) is 0 Å². The lowest BCUT2D eigenvalue weighted by Crippen LogP contribution is -2.45. The summed E-state index contributed by atoms with van der Waals surface area (Å²) in [5.41, 5.74) is 0.974. The van der Waals surface area contributed by atoms with E-state index >= 15 is 0 Å². The summed E-state index contributed by atoms with van der Waals surface area (Å²) >= 11 is 0. The molecule has 0 aromatic carbocycles. The van der Waals surface area contributed by atoms with Crippen LogP contribution < -0.4 is 10.2 Å². The summed E-state index contributed by atoms with van der Waals surface area (Å²) in [6, 6.07) is 6.91. The van der Waals surface area contributed by atoms with Gasteiger partial charge in [-0.2, -0.15) is 0 Å². The van der Waals surface area contributed by atoms with E-state index in [1.165, 1.54) is 6.26 Å². The van der Waals surface area contributed by atoms with Crippen LogP contribution in [0.5, 0.6) is 0 Å². The van der Waals surface area contributed by atoms with E-state index in [0.29, 0.717) is 18.9 Å². The van der Waals surface area contributed by atoms with E-state index in [1.54, 1.807) is 29.3 Å². The van der Waals surface area contributed by atoms with E-state index in [9.17, 15) is 9.59 Å². The average molecular weight is 300 g/mol. The van der Waals surface area contributed by atoms with Gasteiger partial charge in [0.2, 0.25) is 6.41 Å². The van der Waals surface area contributed by atoms with E-state index in [-0.39, 0.29) is 11.7 Å². The lowest BCUT2D eigenvalue weighted by atomic mass is 10.3. The monoisotopic (exact) mass is 300 g/mol. The van der Waals surface area contributed by atoms with Crippen molar-refractivity contribution in [1.82, 2.24) is 9.88 Å². The van der Waals surface area contributed by atoms with E-state index in [4.69, 9.17) is 4.42 Å². The molecule has 0 bridgehead atoms. The molecule has 0 atom stereocenters. The maximum Gasteiger partial charge on any atom is 0.292 e. The summed E-state index contributed by atoms with van der Waals surface area (Å²) in [6.45, 7) is 2.97. The number of carbonyl (C=O) groups excluding carboxylic acids is 2. The molecule has 0 radical (unpaired) electrons. The summed E-state index contributed by atoms with van der Waals surface area (Å²) in [7, 11) is 0. The fourth-order valence-corrected chi connectivity index (χ4v) is 2.32. The highest BCUT2D eigenvalue weighted by atomic mass is 16.3. The number of hydrogen-bond acceptors (Lipinski definition) is 5. The van der Waals surface area contributed by atoms with Crippen LogP contribution in [0, 0.1) is 0 Å². The van der Waals surface area contributed by atoms with Crippen LogP contribution in [0.4, 0.5) is 11.5 Å². The second-order valence-electron chi connectivity index (χ2n) is 4.96. The van der Waals surface area contributed by atoms with Gasteiger partial charge in [-0.1, -0.05) is 0 Å². The van der Waals surface area contributed by atoms with Gasteiger partial charge < -0.3 is 19.5 Å². The summed E-state index contributed by atoms with van der Waals surface area (Å²) in [6.07, 6.45) is 4.04. The highest BCUT2D eigenvalue weighted by Crippen LogP contribution is 2.17. The van der Waals surface area contributed by atoms with Crippen molar-refractivity contribution < 1.29 is 14.0 Å². The number of aromatic nitrogens is 1. The number of hydrogen-bond donors (Lipinski definition) is 1. The number of carbonyl (C=O) groups is 2. The van der Waals surface area contributed by atoms with Gasteiger partial charge in [0.1, 0.15) is 5.82 Å². The Bertz CT molecular complexity index is 631. The van der Waals surface area contributed by atoms with Crippen molar-refractivity contribution in [3.8, 4) is 0 Å². The Morgan fingerprint density at radius 1 is 1.23 bits per heavy atom. The summed E-state index contributed by atoms with van der Waals surface area (Å²) in [5.74, 6) is 0.386. The fourth-order valence-electron chi connectivity index (χ4n) is 2.32. The number of rotatable bonds is 4. The van der Waals surface area contributed by atoms with Gasteiger partial charge in [-0.25, -0.2) is 4.98 Å². The Labute approximate surface area is 127 Å². The van der Waals surface area contributed by atoms with Gasteiger partial charge in [-0.3, -0.25) is 9.59 Å². The van der Waals surface area contributed by atoms with Crippen LogP contribution in [-0.4, -0.2) is 48.4 Å². The topological polar surface area (TPSA) is 78.7 Å². The molecule has 2 amide bonds. The van der Waals surface area contributed by atoms with Crippen LogP contribution in [0.15, 0.2) is 41.1 Å². The zero-order valence-electron chi connectivity index (χ0n) is 11.9. The summed E-state index contributed by atoms with van der Waals surface area (Å²) in [4.78, 5) is 30.7. The number of nitrogens with one attached hydrogen (secondary N) is 1. The van der Waals surface area contributed by atoms with Gasteiger partial charge in [0.25, 0.3) is 5.91 Å². The van der Waals surface area contributed by atoms with Crippen LogP contribution >= 0.6 is 0 Å². The van der Waals surface area contributed by atoms with Crippen molar-refractivity contribution in [1.29, 1.82) is 0 Å². The minimum absolute atomic E-state index is 0.246. The van der Waals surface area contributed by atoms with Gasteiger partial charge in [0.05, 0.1) is 18.1 Å². The predicted octanol–water partition coefficient (Wildman–Crippen LogP) is 1.21. The first-order valence-corrected chi connectivity index (χ1v) is 7.01. The Morgan fingerprint density at radius 2 is 2.05 bits per heavy atom. The summed E-state index contributed by atoms with van der Waals surface area (Å²) in [5, 5.41) is 2.67. The zero-order valence-corrected chi connectivity index (χ0v) is 11.9. The van der Waals surface area contributed by atoms with Crippen molar-refractivity contribution in [2.45, 2.75) is 0 Å². The van der Waals surface area contributed by atoms with Crippen molar-refractivity contribution in [2.75, 3.05) is 36.4 Å². The predicted molar refractivity (Wildman–Crippen MR) is 80.7 cm³/mol. The van der Waals surface area contributed by atoms with Gasteiger partial charge in [-0.05, 0) is 24.3 Å². The molecule has 2 aromatic rings. The van der Waals surface area contributed by atoms with Gasteiger partial charge in [0.15, 0.2) is 5.76 Å². The van der Waals surface area contributed by atoms with E-state index in [2.05, 4.69) is 15.2 Å². The molecule has 0 saturated carbocycles. The van der Waals surface area contributed by atoms with Crippen molar-refractivity contribution in [3.05, 3.63) is 42.5 Å². The average Bonchev–Trinajstić information content (AvgIpc) is 3.10.